The van der Waals surface area contributed by atoms with Crippen LogP contribution in [0.25, 0.3) is 0 Å². The lowest BCUT2D eigenvalue weighted by Crippen LogP contribution is -2.50. The minimum Gasteiger partial charge on any atom is -0.378 e. The second kappa shape index (κ2) is 6.74. The van der Waals surface area contributed by atoms with Crippen LogP contribution in [0.4, 0.5) is 5.69 Å². The Kier molecular flexibility index (Phi) is 4.71. The van der Waals surface area contributed by atoms with E-state index >= 15 is 0 Å². The zero-order chi connectivity index (χ0) is 16.4. The van der Waals surface area contributed by atoms with Crippen LogP contribution in [0.2, 0.25) is 0 Å². The number of benzene rings is 1. The third-order valence-corrected chi connectivity index (χ3v) is 5.19. The summed E-state index contributed by atoms with van der Waals surface area (Å²) in [6.07, 6.45) is 5.19. The molecule has 2 aliphatic carbocycles. The summed E-state index contributed by atoms with van der Waals surface area (Å²) in [5, 5.41) is 3.84. The maximum Gasteiger partial charge on any atom is 0.269 e. The molecule has 0 radical (unpaired) electrons. The van der Waals surface area contributed by atoms with E-state index in [1.165, 1.54) is 25.7 Å². The molecule has 0 aromatic heterocycles. The number of rotatable bonds is 3. The predicted octanol–water partition coefficient (Wildman–Crippen LogP) is 2.05. The molecule has 0 unspecified atom stereocenters. The number of hydrogen-bond acceptors (Lipinski definition) is 3. The van der Waals surface area contributed by atoms with Crippen LogP contribution in [0.1, 0.15) is 36.0 Å². The fourth-order valence-electron chi connectivity index (χ4n) is 3.74. The predicted molar refractivity (Wildman–Crippen MR) is 96.3 cm³/mol. The fraction of sp³-hybridized carbons (Fsp3) is 0.529. The highest BCUT2D eigenvalue weighted by Crippen LogP contribution is 2.44. The monoisotopic (exact) mass is 332 g/mol. The molecule has 3 atom stereocenters. The molecule has 0 heterocycles. The zero-order valence-corrected chi connectivity index (χ0v) is 14.5. The maximum absolute atomic E-state index is 12.2. The van der Waals surface area contributed by atoms with Crippen molar-refractivity contribution in [3.05, 3.63) is 29.8 Å². The first-order valence-corrected chi connectivity index (χ1v) is 8.58. The van der Waals surface area contributed by atoms with Gasteiger partial charge in [0.1, 0.15) is 0 Å². The molecule has 1 aromatic rings. The molecule has 1 aromatic carbocycles. The molecule has 3 rings (SSSR count). The van der Waals surface area contributed by atoms with Crippen molar-refractivity contribution in [1.29, 1.82) is 0 Å². The highest BCUT2D eigenvalue weighted by Gasteiger charge is 2.39. The third-order valence-electron chi connectivity index (χ3n) is 4.97. The van der Waals surface area contributed by atoms with Gasteiger partial charge in [0.2, 0.25) is 0 Å². The van der Waals surface area contributed by atoms with Crippen molar-refractivity contribution in [2.24, 2.45) is 11.8 Å². The molecule has 0 spiro atoms. The van der Waals surface area contributed by atoms with Gasteiger partial charge in [0.15, 0.2) is 5.11 Å². The summed E-state index contributed by atoms with van der Waals surface area (Å²) in [5.41, 5.74) is 7.08. The first kappa shape index (κ1) is 16.1. The third kappa shape index (κ3) is 3.75. The Morgan fingerprint density at radius 1 is 1.22 bits per heavy atom. The van der Waals surface area contributed by atoms with Crippen LogP contribution in [0.5, 0.6) is 0 Å². The molecule has 2 aliphatic rings. The minimum absolute atomic E-state index is 0.189. The molecule has 0 saturated heterocycles. The van der Waals surface area contributed by atoms with E-state index in [9.17, 15) is 4.79 Å². The van der Waals surface area contributed by atoms with Gasteiger partial charge in [0.25, 0.3) is 5.91 Å². The van der Waals surface area contributed by atoms with E-state index in [0.717, 1.165) is 17.5 Å². The van der Waals surface area contributed by atoms with Crippen LogP contribution in [0.15, 0.2) is 24.3 Å². The Labute approximate surface area is 142 Å². The van der Waals surface area contributed by atoms with E-state index in [1.54, 1.807) is 6.07 Å². The standard InChI is InChI=1S/C17H24N4OS/c1-21(2)14-5-3-4-13(10-14)16(22)19-20-17(23)18-15-9-11-6-7-12(15)8-11/h3-5,10-12,15H,6-9H2,1-2H3,(H,19,22)(H2,18,20,23)/t11-,12-,15+/m0/s1. The molecule has 6 heteroatoms. The number of anilines is 1. The summed E-state index contributed by atoms with van der Waals surface area (Å²) in [5.74, 6) is 1.42. The molecule has 3 N–H and O–H groups in total. The van der Waals surface area contributed by atoms with Crippen LogP contribution < -0.4 is 21.1 Å². The fourth-order valence-corrected chi connectivity index (χ4v) is 3.94. The van der Waals surface area contributed by atoms with Crippen molar-refractivity contribution in [3.8, 4) is 0 Å². The summed E-state index contributed by atoms with van der Waals surface area (Å²) in [6.45, 7) is 0. The van der Waals surface area contributed by atoms with Gasteiger partial charge < -0.3 is 10.2 Å². The van der Waals surface area contributed by atoms with Crippen molar-refractivity contribution in [2.45, 2.75) is 31.7 Å². The summed E-state index contributed by atoms with van der Waals surface area (Å²) in [7, 11) is 3.90. The molecule has 2 fully saturated rings. The lowest BCUT2D eigenvalue weighted by molar-refractivity contribution is 0.0943. The Morgan fingerprint density at radius 2 is 2.04 bits per heavy atom. The van der Waals surface area contributed by atoms with Gasteiger partial charge in [0, 0.05) is 31.4 Å². The number of fused-ring (bicyclic) bond motifs is 2. The van der Waals surface area contributed by atoms with Gasteiger partial charge in [-0.25, -0.2) is 0 Å². The summed E-state index contributed by atoms with van der Waals surface area (Å²) in [4.78, 5) is 14.2. The number of carbonyl (C=O) groups is 1. The van der Waals surface area contributed by atoms with E-state index in [1.807, 2.05) is 37.2 Å². The van der Waals surface area contributed by atoms with Gasteiger partial charge in [-0.05, 0) is 61.5 Å². The Hall–Kier alpha value is -1.82. The Bertz CT molecular complexity index is 604. The number of nitrogens with one attached hydrogen (secondary N) is 3. The highest BCUT2D eigenvalue weighted by atomic mass is 32.1. The Morgan fingerprint density at radius 3 is 2.70 bits per heavy atom. The van der Waals surface area contributed by atoms with Gasteiger partial charge in [-0.2, -0.15) is 0 Å². The lowest BCUT2D eigenvalue weighted by atomic mass is 9.96. The average molecular weight is 332 g/mol. The molecule has 2 saturated carbocycles. The van der Waals surface area contributed by atoms with Crippen molar-refractivity contribution in [1.82, 2.24) is 16.2 Å². The molecule has 2 bridgehead atoms. The normalized spacial score (nSPS) is 25.0. The smallest absolute Gasteiger partial charge is 0.269 e. The summed E-state index contributed by atoms with van der Waals surface area (Å²) in [6, 6.07) is 7.93. The second-order valence-corrected chi connectivity index (χ2v) is 7.19. The molecular weight excluding hydrogens is 308 g/mol. The van der Waals surface area contributed by atoms with Crippen LogP contribution in [-0.2, 0) is 0 Å². The second-order valence-electron chi connectivity index (χ2n) is 6.78. The largest absolute Gasteiger partial charge is 0.378 e. The van der Waals surface area contributed by atoms with E-state index in [-0.39, 0.29) is 5.91 Å². The van der Waals surface area contributed by atoms with Crippen molar-refractivity contribution >= 4 is 28.9 Å². The number of hydrogen-bond donors (Lipinski definition) is 3. The molecule has 1 amide bonds. The number of thiocarbonyl (C=S) groups is 1. The van der Waals surface area contributed by atoms with Gasteiger partial charge >= 0.3 is 0 Å². The summed E-state index contributed by atoms with van der Waals surface area (Å²) < 4.78 is 0. The number of carbonyl (C=O) groups excluding carboxylic acids is 1. The molecule has 23 heavy (non-hydrogen) atoms. The number of amides is 1. The van der Waals surface area contributed by atoms with Crippen LogP contribution in [0, 0.1) is 11.8 Å². The van der Waals surface area contributed by atoms with Crippen LogP contribution >= 0.6 is 12.2 Å². The van der Waals surface area contributed by atoms with Gasteiger partial charge in [-0.1, -0.05) is 12.5 Å². The highest BCUT2D eigenvalue weighted by molar-refractivity contribution is 7.80. The first-order valence-electron chi connectivity index (χ1n) is 8.17. The average Bonchev–Trinajstić information content (AvgIpc) is 3.15. The summed E-state index contributed by atoms with van der Waals surface area (Å²) >= 11 is 5.30. The van der Waals surface area contributed by atoms with E-state index < -0.39 is 0 Å². The van der Waals surface area contributed by atoms with Gasteiger partial charge in [-0.3, -0.25) is 15.6 Å². The van der Waals surface area contributed by atoms with Crippen molar-refractivity contribution in [2.75, 3.05) is 19.0 Å². The van der Waals surface area contributed by atoms with E-state index in [0.29, 0.717) is 16.7 Å². The zero-order valence-electron chi connectivity index (χ0n) is 13.6. The molecule has 5 nitrogen and oxygen atoms in total. The maximum atomic E-state index is 12.2. The van der Waals surface area contributed by atoms with Crippen molar-refractivity contribution < 1.29 is 4.79 Å². The van der Waals surface area contributed by atoms with E-state index in [4.69, 9.17) is 12.2 Å². The molecule has 0 aliphatic heterocycles. The number of hydrazine groups is 1. The van der Waals surface area contributed by atoms with Gasteiger partial charge in [-0.15, -0.1) is 0 Å². The number of nitrogens with zero attached hydrogens (tertiary/aromatic N) is 1. The first-order chi connectivity index (χ1) is 11.0. The lowest BCUT2D eigenvalue weighted by Gasteiger charge is -2.24. The SMILES string of the molecule is CN(C)c1cccc(C(=O)NNC(=S)N[C@@H]2C[C@H]3CC[C@H]2C3)c1. The topological polar surface area (TPSA) is 56.4 Å². The molecular formula is C17H24N4OS. The van der Waals surface area contributed by atoms with Crippen LogP contribution in [-0.4, -0.2) is 31.2 Å². The van der Waals surface area contributed by atoms with Gasteiger partial charge in [0.05, 0.1) is 0 Å². The van der Waals surface area contributed by atoms with Crippen molar-refractivity contribution in [3.63, 3.8) is 0 Å². The molecule has 124 valence electrons. The van der Waals surface area contributed by atoms with E-state index in [2.05, 4.69) is 16.2 Å². The van der Waals surface area contributed by atoms with Crippen LogP contribution in [0.3, 0.4) is 0 Å². The minimum atomic E-state index is -0.189. The Balaban J connectivity index is 1.48. The quantitative estimate of drug-likeness (QED) is 0.584.